The van der Waals surface area contributed by atoms with Gasteiger partial charge in [-0.25, -0.2) is 9.37 Å². The zero-order chi connectivity index (χ0) is 21.7. The van der Waals surface area contributed by atoms with Gasteiger partial charge in [0.2, 0.25) is 11.0 Å². The summed E-state index contributed by atoms with van der Waals surface area (Å²) in [7, 11) is 0. The van der Waals surface area contributed by atoms with Gasteiger partial charge in [-0.05, 0) is 23.8 Å². The van der Waals surface area contributed by atoms with E-state index in [-0.39, 0.29) is 22.4 Å². The molecule has 2 heterocycles. The van der Waals surface area contributed by atoms with E-state index < -0.39 is 17.6 Å². The third kappa shape index (κ3) is 6.28. The number of nitrogens with zero attached hydrogens (tertiary/aromatic N) is 3. The topological polar surface area (TPSA) is 79.8 Å². The maximum atomic E-state index is 12.9. The summed E-state index contributed by atoms with van der Waals surface area (Å²) in [5.74, 6) is -1.05. The van der Waals surface area contributed by atoms with Gasteiger partial charge in [0, 0.05) is 12.7 Å². The van der Waals surface area contributed by atoms with Gasteiger partial charge in [-0.15, -0.1) is 10.2 Å². The molecule has 0 saturated heterocycles. The molecular weight excluding hydrogens is 466 g/mol. The van der Waals surface area contributed by atoms with Gasteiger partial charge in [0.15, 0.2) is 10.2 Å². The lowest BCUT2D eigenvalue weighted by Crippen LogP contribution is -2.16. The molecular formula is C17H12ClF4N5OS2. The van der Waals surface area contributed by atoms with Gasteiger partial charge < -0.3 is 10.6 Å². The summed E-state index contributed by atoms with van der Waals surface area (Å²) < 4.78 is 51.3. The maximum Gasteiger partial charge on any atom is 0.417 e. The number of alkyl halides is 3. The smallest absolute Gasteiger partial charge is 0.356 e. The minimum Gasteiger partial charge on any atom is -0.356 e. The number of halogens is 5. The number of benzene rings is 1. The highest BCUT2D eigenvalue weighted by molar-refractivity contribution is 8.01. The minimum absolute atomic E-state index is 0.0639. The van der Waals surface area contributed by atoms with E-state index in [0.717, 1.165) is 17.3 Å². The molecule has 0 fully saturated rings. The van der Waals surface area contributed by atoms with Crippen LogP contribution in [0.1, 0.15) is 11.1 Å². The molecule has 0 aliphatic heterocycles. The lowest BCUT2D eigenvalue weighted by molar-refractivity contribution is -0.137. The summed E-state index contributed by atoms with van der Waals surface area (Å²) in [6.07, 6.45) is -3.98. The van der Waals surface area contributed by atoms with E-state index in [9.17, 15) is 22.4 Å². The minimum atomic E-state index is -4.57. The number of pyridine rings is 1. The summed E-state index contributed by atoms with van der Waals surface area (Å²) in [6.45, 7) is 0.429. The molecule has 2 aromatic heterocycles. The molecule has 158 valence electrons. The number of anilines is 2. The molecule has 13 heteroatoms. The van der Waals surface area contributed by atoms with Crippen LogP contribution in [0.15, 0.2) is 40.9 Å². The van der Waals surface area contributed by atoms with Crippen LogP contribution in [0, 0.1) is 5.82 Å². The molecule has 0 atom stereocenters. The summed E-state index contributed by atoms with van der Waals surface area (Å²) in [5.41, 5.74) is -0.143. The van der Waals surface area contributed by atoms with E-state index in [1.807, 2.05) is 0 Å². The summed E-state index contributed by atoms with van der Waals surface area (Å²) in [6, 6.07) is 6.69. The molecule has 3 aromatic rings. The molecule has 1 amide bonds. The van der Waals surface area contributed by atoms with Gasteiger partial charge in [0.25, 0.3) is 0 Å². The fourth-order valence-electron chi connectivity index (χ4n) is 2.10. The van der Waals surface area contributed by atoms with E-state index in [4.69, 9.17) is 11.6 Å². The van der Waals surface area contributed by atoms with Crippen LogP contribution in [0.3, 0.4) is 0 Å². The van der Waals surface area contributed by atoms with E-state index in [2.05, 4.69) is 25.8 Å². The highest BCUT2D eigenvalue weighted by Gasteiger charge is 2.31. The van der Waals surface area contributed by atoms with E-state index in [0.29, 0.717) is 28.3 Å². The monoisotopic (exact) mass is 477 g/mol. The largest absolute Gasteiger partial charge is 0.417 e. The predicted molar refractivity (Wildman–Crippen MR) is 107 cm³/mol. The molecule has 0 spiro atoms. The maximum absolute atomic E-state index is 12.9. The third-order valence-corrected chi connectivity index (χ3v) is 5.82. The van der Waals surface area contributed by atoms with Gasteiger partial charge in [0.1, 0.15) is 5.82 Å². The van der Waals surface area contributed by atoms with Crippen LogP contribution in [0.5, 0.6) is 0 Å². The molecule has 1 aromatic carbocycles. The normalized spacial score (nSPS) is 11.4. The van der Waals surface area contributed by atoms with Crippen molar-refractivity contribution in [3.63, 3.8) is 0 Å². The zero-order valence-corrected chi connectivity index (χ0v) is 17.2. The molecule has 0 saturated carbocycles. The summed E-state index contributed by atoms with van der Waals surface area (Å²) in [5, 5.41) is 13.5. The molecule has 0 unspecified atom stereocenters. The van der Waals surface area contributed by atoms with Crippen molar-refractivity contribution in [2.75, 3.05) is 16.4 Å². The fraction of sp³-hybridized carbons (Fsp3) is 0.176. The molecule has 0 aliphatic carbocycles. The average molecular weight is 478 g/mol. The predicted octanol–water partition coefficient (Wildman–Crippen LogP) is 5.09. The lowest BCUT2D eigenvalue weighted by atomic mass is 10.2. The number of amides is 1. The highest BCUT2D eigenvalue weighted by atomic mass is 35.5. The second-order valence-electron chi connectivity index (χ2n) is 5.74. The Bertz CT molecular complexity index is 1030. The Labute approximate surface area is 181 Å². The van der Waals surface area contributed by atoms with Crippen LogP contribution in [0.25, 0.3) is 0 Å². The van der Waals surface area contributed by atoms with Crippen LogP contribution >= 0.6 is 34.7 Å². The molecule has 0 bridgehead atoms. The number of aromatic nitrogens is 3. The number of hydrogen-bond acceptors (Lipinski definition) is 7. The number of carbonyl (C=O) groups is 1. The second kappa shape index (κ2) is 9.58. The number of hydrogen-bond donors (Lipinski definition) is 2. The Morgan fingerprint density at radius 1 is 1.20 bits per heavy atom. The van der Waals surface area contributed by atoms with Crippen LogP contribution < -0.4 is 10.6 Å². The van der Waals surface area contributed by atoms with Crippen molar-refractivity contribution in [1.82, 2.24) is 15.2 Å². The Morgan fingerprint density at radius 3 is 2.60 bits per heavy atom. The van der Waals surface area contributed by atoms with E-state index in [1.54, 1.807) is 12.1 Å². The molecule has 3 rings (SSSR count). The molecule has 6 nitrogen and oxygen atoms in total. The van der Waals surface area contributed by atoms with Crippen LogP contribution in [-0.4, -0.2) is 26.8 Å². The van der Waals surface area contributed by atoms with Crippen molar-refractivity contribution in [1.29, 1.82) is 0 Å². The first kappa shape index (κ1) is 22.2. The van der Waals surface area contributed by atoms with Gasteiger partial charge in [0.05, 0.1) is 16.3 Å². The second-order valence-corrected chi connectivity index (χ2v) is 8.35. The quantitative estimate of drug-likeness (QED) is 0.364. The molecule has 0 aliphatic rings. The Balaban J connectivity index is 1.49. The standard InChI is InChI=1S/C17H12ClF4N5OS2/c18-12-5-10(17(20,21)22)7-23-14(12)25-13(28)8-29-16-27-26-15(30-16)24-6-9-1-3-11(19)4-2-9/h1-5,7H,6,8H2,(H,24,26)(H,23,25,28). The summed E-state index contributed by atoms with van der Waals surface area (Å²) >= 11 is 8.08. The first-order chi connectivity index (χ1) is 14.2. The van der Waals surface area contributed by atoms with Crippen LogP contribution in [0.4, 0.5) is 28.5 Å². The fourth-order valence-corrected chi connectivity index (χ4v) is 3.86. The van der Waals surface area contributed by atoms with Crippen molar-refractivity contribution in [2.45, 2.75) is 17.1 Å². The van der Waals surface area contributed by atoms with Gasteiger partial charge in [-0.1, -0.05) is 46.8 Å². The first-order valence-corrected chi connectivity index (χ1v) is 10.4. The van der Waals surface area contributed by atoms with Crippen molar-refractivity contribution >= 4 is 51.6 Å². The van der Waals surface area contributed by atoms with Gasteiger partial charge in [-0.2, -0.15) is 13.2 Å². The van der Waals surface area contributed by atoms with Crippen molar-refractivity contribution in [3.05, 3.63) is 58.5 Å². The highest BCUT2D eigenvalue weighted by Crippen LogP contribution is 2.32. The third-order valence-electron chi connectivity index (χ3n) is 3.52. The molecule has 0 radical (unpaired) electrons. The average Bonchev–Trinajstić information content (AvgIpc) is 3.15. The van der Waals surface area contributed by atoms with E-state index in [1.165, 1.54) is 23.5 Å². The summed E-state index contributed by atoms with van der Waals surface area (Å²) in [4.78, 5) is 15.6. The molecule has 2 N–H and O–H groups in total. The number of rotatable bonds is 7. The van der Waals surface area contributed by atoms with Gasteiger partial charge in [-0.3, -0.25) is 4.79 Å². The van der Waals surface area contributed by atoms with Crippen LogP contribution in [-0.2, 0) is 17.5 Å². The van der Waals surface area contributed by atoms with Crippen molar-refractivity contribution < 1.29 is 22.4 Å². The SMILES string of the molecule is O=C(CSc1nnc(NCc2ccc(F)cc2)s1)Nc1ncc(C(F)(F)F)cc1Cl. The van der Waals surface area contributed by atoms with Crippen molar-refractivity contribution in [3.8, 4) is 0 Å². The van der Waals surface area contributed by atoms with Gasteiger partial charge >= 0.3 is 6.18 Å². The Hall–Kier alpha value is -2.44. The Kier molecular flexibility index (Phi) is 7.10. The first-order valence-electron chi connectivity index (χ1n) is 8.18. The molecule has 30 heavy (non-hydrogen) atoms. The zero-order valence-electron chi connectivity index (χ0n) is 14.8. The lowest BCUT2D eigenvalue weighted by Gasteiger charge is -2.09. The van der Waals surface area contributed by atoms with Crippen molar-refractivity contribution in [2.24, 2.45) is 0 Å². The van der Waals surface area contributed by atoms with E-state index >= 15 is 0 Å². The van der Waals surface area contributed by atoms with Crippen LogP contribution in [0.2, 0.25) is 5.02 Å². The Morgan fingerprint density at radius 2 is 1.93 bits per heavy atom. The number of carbonyl (C=O) groups excluding carboxylic acids is 1. The number of thioether (sulfide) groups is 1. The number of nitrogens with one attached hydrogen (secondary N) is 2.